The number of fused-ring (bicyclic) bond motifs is 1. The Hall–Kier alpha value is -2.35. The Labute approximate surface area is 119 Å². The fraction of sp³-hybridized carbons (Fsp3) is 0.167. The first kappa shape index (κ1) is 12.7. The molecule has 0 amide bonds. The van der Waals surface area contributed by atoms with E-state index in [4.69, 9.17) is 5.73 Å². The van der Waals surface area contributed by atoms with E-state index in [1.54, 1.807) is 13.1 Å². The lowest BCUT2D eigenvalue weighted by molar-refractivity contribution is 0.750. The molecule has 3 heterocycles. The van der Waals surface area contributed by atoms with Gasteiger partial charge in [0.15, 0.2) is 11.5 Å². The molecule has 0 aliphatic carbocycles. The number of nitrogens with zero attached hydrogens (tertiary/aromatic N) is 5. The number of nitrogens with two attached hydrogens (primary N) is 1. The number of imidazole rings is 1. The van der Waals surface area contributed by atoms with Gasteiger partial charge in [-0.15, -0.1) is 0 Å². The van der Waals surface area contributed by atoms with E-state index in [0.717, 1.165) is 9.67 Å². The Balaban J connectivity index is 2.25. The topological polar surface area (TPSA) is 91.6 Å². The molecule has 7 nitrogen and oxygen atoms in total. The largest absolute Gasteiger partial charge is 0.382 e. The molecule has 20 heavy (non-hydrogen) atoms. The molecule has 3 aromatic rings. The third-order valence-electron chi connectivity index (χ3n) is 2.93. The minimum Gasteiger partial charge on any atom is -0.382 e. The minimum atomic E-state index is -0.319. The van der Waals surface area contributed by atoms with Crippen LogP contribution in [0.3, 0.4) is 0 Å². The number of hydrogen-bond donors (Lipinski definition) is 2. The molecule has 0 radical (unpaired) electrons. The highest BCUT2D eigenvalue weighted by atomic mass is 32.1. The molecule has 0 atom stereocenters. The predicted molar refractivity (Wildman–Crippen MR) is 78.7 cm³/mol. The van der Waals surface area contributed by atoms with Crippen molar-refractivity contribution < 1.29 is 0 Å². The first-order valence-corrected chi connectivity index (χ1v) is 6.32. The summed E-state index contributed by atoms with van der Waals surface area (Å²) in [5, 5.41) is 0. The second kappa shape index (κ2) is 4.64. The van der Waals surface area contributed by atoms with Crippen molar-refractivity contribution in [2.45, 2.75) is 13.5 Å². The summed E-state index contributed by atoms with van der Waals surface area (Å²) in [5.74, 6) is 0.739. The highest BCUT2D eigenvalue weighted by Crippen LogP contribution is 2.18. The minimum absolute atomic E-state index is 0.236. The van der Waals surface area contributed by atoms with E-state index >= 15 is 0 Å². The van der Waals surface area contributed by atoms with Crippen molar-refractivity contribution in [3.63, 3.8) is 0 Å². The maximum absolute atomic E-state index is 12.3. The fourth-order valence-corrected chi connectivity index (χ4v) is 2.36. The summed E-state index contributed by atoms with van der Waals surface area (Å²) in [7, 11) is 0. The van der Waals surface area contributed by atoms with E-state index in [2.05, 4.69) is 27.8 Å². The molecule has 0 saturated heterocycles. The van der Waals surface area contributed by atoms with Crippen LogP contribution in [0.4, 0.5) is 5.82 Å². The first-order chi connectivity index (χ1) is 9.58. The van der Waals surface area contributed by atoms with E-state index in [0.29, 0.717) is 23.5 Å². The zero-order valence-corrected chi connectivity index (χ0v) is 11.6. The molecule has 3 aromatic heterocycles. The Morgan fingerprint density at radius 2 is 2.15 bits per heavy atom. The highest BCUT2D eigenvalue weighted by Gasteiger charge is 2.17. The van der Waals surface area contributed by atoms with Crippen LogP contribution in [0.1, 0.15) is 11.5 Å². The fourth-order valence-electron chi connectivity index (χ4n) is 2.06. The van der Waals surface area contributed by atoms with Crippen LogP contribution in [-0.4, -0.2) is 23.5 Å². The summed E-state index contributed by atoms with van der Waals surface area (Å²) in [6.45, 7) is 2.03. The van der Waals surface area contributed by atoms with E-state index in [1.165, 1.54) is 4.57 Å². The standard InChI is InChI=1S/C12H12N6OS/c1-7-15-10(13)9-11(16-7)17(12(19)18(9)20)6-8-4-2-3-5-14-8/h2-5,20H,6H2,1H3,(H2,13,15,16). The number of thiol groups is 1. The molecule has 0 spiro atoms. The molecule has 0 unspecified atom stereocenters. The van der Waals surface area contributed by atoms with Gasteiger partial charge in [-0.3, -0.25) is 9.55 Å². The number of nitrogen functional groups attached to an aromatic ring is 1. The van der Waals surface area contributed by atoms with Crippen molar-refractivity contribution in [1.82, 2.24) is 23.5 Å². The lowest BCUT2D eigenvalue weighted by Crippen LogP contribution is -2.21. The van der Waals surface area contributed by atoms with Gasteiger partial charge in [-0.25, -0.2) is 18.7 Å². The zero-order chi connectivity index (χ0) is 14.3. The Kier molecular flexibility index (Phi) is 2.94. The van der Waals surface area contributed by atoms with Crippen molar-refractivity contribution in [2.24, 2.45) is 0 Å². The van der Waals surface area contributed by atoms with Gasteiger partial charge < -0.3 is 5.73 Å². The number of anilines is 1. The molecular formula is C12H12N6OS. The molecule has 0 aromatic carbocycles. The second-order valence-electron chi connectivity index (χ2n) is 4.33. The van der Waals surface area contributed by atoms with E-state index in [9.17, 15) is 4.79 Å². The monoisotopic (exact) mass is 288 g/mol. The lowest BCUT2D eigenvalue weighted by Gasteiger charge is -2.03. The van der Waals surface area contributed by atoms with Gasteiger partial charge in [-0.2, -0.15) is 0 Å². The number of aryl methyl sites for hydroxylation is 1. The number of rotatable bonds is 2. The molecule has 0 fully saturated rings. The maximum Gasteiger partial charge on any atom is 0.340 e. The van der Waals surface area contributed by atoms with Gasteiger partial charge in [0.05, 0.1) is 12.2 Å². The molecule has 0 aliphatic heterocycles. The number of aromatic nitrogens is 5. The van der Waals surface area contributed by atoms with Crippen LogP contribution in [0.2, 0.25) is 0 Å². The average Bonchev–Trinajstić information content (AvgIpc) is 2.65. The summed E-state index contributed by atoms with van der Waals surface area (Å²) in [6, 6.07) is 5.52. The van der Waals surface area contributed by atoms with Crippen LogP contribution >= 0.6 is 12.8 Å². The molecule has 8 heteroatoms. The normalized spacial score (nSPS) is 11.1. The van der Waals surface area contributed by atoms with Crippen molar-refractivity contribution >= 4 is 29.8 Å². The quantitative estimate of drug-likeness (QED) is 0.674. The Morgan fingerprint density at radius 3 is 2.85 bits per heavy atom. The van der Waals surface area contributed by atoms with Gasteiger partial charge >= 0.3 is 5.69 Å². The van der Waals surface area contributed by atoms with E-state index < -0.39 is 0 Å². The van der Waals surface area contributed by atoms with E-state index in [1.807, 2.05) is 18.2 Å². The molecular weight excluding hydrogens is 276 g/mol. The van der Waals surface area contributed by atoms with Crippen LogP contribution in [0.25, 0.3) is 11.2 Å². The molecule has 0 aliphatic rings. The summed E-state index contributed by atoms with van der Waals surface area (Å²) in [5.41, 5.74) is 7.16. The second-order valence-corrected chi connectivity index (χ2v) is 4.73. The summed E-state index contributed by atoms with van der Waals surface area (Å²) < 4.78 is 2.64. The highest BCUT2D eigenvalue weighted by molar-refractivity contribution is 7.78. The Morgan fingerprint density at radius 1 is 1.35 bits per heavy atom. The summed E-state index contributed by atoms with van der Waals surface area (Å²) in [4.78, 5) is 24.8. The maximum atomic E-state index is 12.3. The third kappa shape index (κ3) is 1.94. The van der Waals surface area contributed by atoms with Crippen molar-refractivity contribution in [1.29, 1.82) is 0 Å². The van der Waals surface area contributed by atoms with Gasteiger partial charge in [-0.1, -0.05) is 18.9 Å². The SMILES string of the molecule is Cc1nc(N)c2c(n1)n(Cc1ccccn1)c(=O)n2S. The van der Waals surface area contributed by atoms with Crippen LogP contribution in [0.15, 0.2) is 29.2 Å². The van der Waals surface area contributed by atoms with Gasteiger partial charge in [0.2, 0.25) is 0 Å². The molecule has 0 bridgehead atoms. The lowest BCUT2D eigenvalue weighted by atomic mass is 10.3. The molecule has 102 valence electrons. The van der Waals surface area contributed by atoms with Crippen LogP contribution in [0.5, 0.6) is 0 Å². The zero-order valence-electron chi connectivity index (χ0n) is 10.7. The number of pyridine rings is 1. The van der Waals surface area contributed by atoms with Crippen LogP contribution in [-0.2, 0) is 6.54 Å². The summed E-state index contributed by atoms with van der Waals surface area (Å²) >= 11 is 4.16. The van der Waals surface area contributed by atoms with Gasteiger partial charge in [0.25, 0.3) is 0 Å². The molecule has 2 N–H and O–H groups in total. The van der Waals surface area contributed by atoms with Crippen molar-refractivity contribution in [3.8, 4) is 0 Å². The molecule has 3 rings (SSSR count). The smallest absolute Gasteiger partial charge is 0.340 e. The van der Waals surface area contributed by atoms with Crippen molar-refractivity contribution in [2.75, 3.05) is 5.73 Å². The van der Waals surface area contributed by atoms with Gasteiger partial charge in [-0.05, 0) is 19.1 Å². The van der Waals surface area contributed by atoms with E-state index in [-0.39, 0.29) is 11.5 Å². The molecule has 0 saturated carbocycles. The van der Waals surface area contributed by atoms with Crippen LogP contribution < -0.4 is 11.4 Å². The summed E-state index contributed by atoms with van der Waals surface area (Å²) in [6.07, 6.45) is 1.68. The third-order valence-corrected chi connectivity index (χ3v) is 3.30. The van der Waals surface area contributed by atoms with Crippen molar-refractivity contribution in [3.05, 3.63) is 46.4 Å². The van der Waals surface area contributed by atoms with Gasteiger partial charge in [0, 0.05) is 6.20 Å². The average molecular weight is 288 g/mol. The first-order valence-electron chi connectivity index (χ1n) is 5.92. The van der Waals surface area contributed by atoms with Crippen LogP contribution in [0, 0.1) is 6.92 Å². The Bertz CT molecular complexity index is 839. The van der Waals surface area contributed by atoms with Gasteiger partial charge in [0.1, 0.15) is 11.3 Å². The number of hydrogen-bond acceptors (Lipinski definition) is 6. The predicted octanol–water partition coefficient (Wildman–Crippen LogP) is 0.620.